The molecule has 1 unspecified atom stereocenters. The van der Waals surface area contributed by atoms with E-state index < -0.39 is 6.04 Å². The van der Waals surface area contributed by atoms with Crippen molar-refractivity contribution in [3.8, 4) is 17.2 Å². The van der Waals surface area contributed by atoms with Gasteiger partial charge >= 0.3 is 0 Å². The quantitative estimate of drug-likeness (QED) is 0.342. The van der Waals surface area contributed by atoms with Crippen LogP contribution >= 0.6 is 0 Å². The molecule has 0 bridgehead atoms. The first-order chi connectivity index (χ1) is 20.3. The summed E-state index contributed by atoms with van der Waals surface area (Å²) in [5.41, 5.74) is 4.80. The summed E-state index contributed by atoms with van der Waals surface area (Å²) < 4.78 is 17.2. The molecule has 1 aliphatic heterocycles. The van der Waals surface area contributed by atoms with Crippen molar-refractivity contribution in [2.24, 2.45) is 5.41 Å². The normalized spacial score (nSPS) is 17.4. The third kappa shape index (κ3) is 5.79. The maximum atomic E-state index is 14.0. The summed E-state index contributed by atoms with van der Waals surface area (Å²) in [7, 11) is 4.71. The van der Waals surface area contributed by atoms with Gasteiger partial charge in [0.1, 0.15) is 0 Å². The van der Waals surface area contributed by atoms with Crippen molar-refractivity contribution in [1.82, 2.24) is 5.32 Å². The highest BCUT2D eigenvalue weighted by atomic mass is 16.5. The van der Waals surface area contributed by atoms with Crippen LogP contribution in [0.1, 0.15) is 43.9 Å². The Hall–Kier alpha value is -4.46. The summed E-state index contributed by atoms with van der Waals surface area (Å²) >= 11 is 0. The Balaban J connectivity index is 1.62. The number of hydrogen-bond donors (Lipinski definition) is 2. The van der Waals surface area contributed by atoms with Gasteiger partial charge in [-0.2, -0.15) is 0 Å². The van der Waals surface area contributed by atoms with E-state index in [0.717, 1.165) is 29.1 Å². The van der Waals surface area contributed by atoms with Crippen LogP contribution in [0, 0.1) is 5.41 Å². The highest BCUT2D eigenvalue weighted by Gasteiger charge is 2.43. The molecule has 0 spiro atoms. The molecule has 1 aliphatic carbocycles. The lowest BCUT2D eigenvalue weighted by molar-refractivity contribution is -0.120. The zero-order valence-corrected chi connectivity index (χ0v) is 25.0. The molecule has 3 aromatic carbocycles. The van der Waals surface area contributed by atoms with Crippen molar-refractivity contribution in [2.75, 3.05) is 44.6 Å². The molecule has 2 N–H and O–H groups in total. The van der Waals surface area contributed by atoms with Crippen LogP contribution in [0.25, 0.3) is 0 Å². The number of fused-ring (bicyclic) bond motifs is 1. The number of carbonyl (C=O) groups excluding carboxylic acids is 2. The van der Waals surface area contributed by atoms with Crippen molar-refractivity contribution < 1.29 is 23.8 Å². The van der Waals surface area contributed by atoms with Gasteiger partial charge in [0.2, 0.25) is 11.7 Å². The molecule has 42 heavy (non-hydrogen) atoms. The van der Waals surface area contributed by atoms with E-state index in [2.05, 4.69) is 24.5 Å². The number of nitrogens with one attached hydrogen (secondary N) is 2. The van der Waals surface area contributed by atoms with Crippen LogP contribution < -0.4 is 29.7 Å². The second-order valence-electron chi connectivity index (χ2n) is 11.5. The van der Waals surface area contributed by atoms with Gasteiger partial charge in [0.05, 0.1) is 45.3 Å². The highest BCUT2D eigenvalue weighted by molar-refractivity contribution is 6.02. The summed E-state index contributed by atoms with van der Waals surface area (Å²) in [6.45, 7) is 4.75. The standard InChI is InChI=1S/C34H39N3O5/c1-34(2)19-25-30(27(38)20-34)31(23-15-16-28(40-3)33(42-5)32(23)41-4)37(26-14-10-9-13-24(26)36-25)21-29(39)35-18-17-22-11-7-6-8-12-22/h6-16,31,36H,17-21H2,1-5H3,(H,35,39). The molecule has 220 valence electrons. The van der Waals surface area contributed by atoms with E-state index in [-0.39, 0.29) is 23.7 Å². The van der Waals surface area contributed by atoms with Gasteiger partial charge in [0.15, 0.2) is 17.3 Å². The SMILES string of the molecule is COc1ccc(C2C3=C(CC(C)(C)CC3=O)Nc3ccccc3N2CC(=O)NCCc2ccccc2)c(OC)c1OC. The number of ether oxygens (including phenoxy) is 3. The van der Waals surface area contributed by atoms with Crippen molar-refractivity contribution in [3.63, 3.8) is 0 Å². The fraction of sp³-hybridized carbons (Fsp3) is 0.353. The van der Waals surface area contributed by atoms with E-state index in [0.29, 0.717) is 47.8 Å². The number of para-hydroxylation sites is 2. The summed E-state index contributed by atoms with van der Waals surface area (Å²) in [6, 6.07) is 21.0. The van der Waals surface area contributed by atoms with Crippen molar-refractivity contribution in [1.29, 1.82) is 0 Å². The largest absolute Gasteiger partial charge is 0.493 e. The van der Waals surface area contributed by atoms with Gasteiger partial charge in [-0.15, -0.1) is 0 Å². The van der Waals surface area contributed by atoms with Gasteiger partial charge in [-0.1, -0.05) is 56.3 Å². The van der Waals surface area contributed by atoms with Gasteiger partial charge in [0, 0.05) is 29.8 Å². The van der Waals surface area contributed by atoms with Crippen LogP contribution in [0.5, 0.6) is 17.2 Å². The summed E-state index contributed by atoms with van der Waals surface area (Å²) in [4.78, 5) is 29.6. The van der Waals surface area contributed by atoms with E-state index in [1.54, 1.807) is 21.3 Å². The van der Waals surface area contributed by atoms with Crippen LogP contribution in [0.3, 0.4) is 0 Å². The maximum absolute atomic E-state index is 14.0. The topological polar surface area (TPSA) is 89.1 Å². The highest BCUT2D eigenvalue weighted by Crippen LogP contribution is 2.52. The van der Waals surface area contributed by atoms with Crippen LogP contribution in [0.2, 0.25) is 0 Å². The molecule has 1 amide bonds. The Morgan fingerprint density at radius 3 is 2.36 bits per heavy atom. The Kier molecular flexibility index (Phi) is 8.43. The van der Waals surface area contributed by atoms with Gasteiger partial charge in [-0.25, -0.2) is 0 Å². The zero-order chi connectivity index (χ0) is 29.9. The molecule has 0 fully saturated rings. The number of nitrogens with zero attached hydrogens (tertiary/aromatic N) is 1. The molecule has 2 aliphatic rings. The number of allylic oxidation sites excluding steroid dienone is 1. The molecule has 0 aromatic heterocycles. The zero-order valence-electron chi connectivity index (χ0n) is 25.0. The molecule has 3 aromatic rings. The molecule has 0 saturated heterocycles. The number of methoxy groups -OCH3 is 3. The van der Waals surface area contributed by atoms with Gasteiger partial charge in [-0.05, 0) is 48.1 Å². The predicted molar refractivity (Wildman–Crippen MR) is 164 cm³/mol. The summed E-state index contributed by atoms with van der Waals surface area (Å²) in [5.74, 6) is 1.30. The molecule has 1 atom stereocenters. The van der Waals surface area contributed by atoms with E-state index in [1.165, 1.54) is 0 Å². The van der Waals surface area contributed by atoms with Crippen molar-refractivity contribution >= 4 is 23.1 Å². The average molecular weight is 570 g/mol. The number of anilines is 2. The van der Waals surface area contributed by atoms with E-state index in [1.807, 2.05) is 71.6 Å². The van der Waals surface area contributed by atoms with Gasteiger partial charge < -0.3 is 29.7 Å². The molecular weight excluding hydrogens is 530 g/mol. The first kappa shape index (κ1) is 29.0. The van der Waals surface area contributed by atoms with Gasteiger partial charge in [0.25, 0.3) is 0 Å². The van der Waals surface area contributed by atoms with E-state index in [9.17, 15) is 9.59 Å². The first-order valence-electron chi connectivity index (χ1n) is 14.2. The molecule has 5 rings (SSSR count). The third-order valence-corrected chi connectivity index (χ3v) is 7.93. The minimum Gasteiger partial charge on any atom is -0.493 e. The number of ketones is 1. The average Bonchev–Trinajstić information content (AvgIpc) is 3.10. The Labute approximate surface area is 247 Å². The number of amides is 1. The second kappa shape index (κ2) is 12.2. The number of Topliss-reactive ketones (excluding diaryl/α,β-unsaturated/α-hetero) is 1. The van der Waals surface area contributed by atoms with Crippen molar-refractivity contribution in [2.45, 2.75) is 39.2 Å². The summed E-state index contributed by atoms with van der Waals surface area (Å²) in [5, 5.41) is 6.68. The lowest BCUT2D eigenvalue weighted by atomic mass is 9.73. The van der Waals surface area contributed by atoms with Crippen LogP contribution in [-0.4, -0.2) is 46.1 Å². The van der Waals surface area contributed by atoms with Crippen molar-refractivity contribution in [3.05, 3.63) is 89.1 Å². The predicted octanol–water partition coefficient (Wildman–Crippen LogP) is 5.69. The van der Waals surface area contributed by atoms with Crippen LogP contribution in [0.4, 0.5) is 11.4 Å². The van der Waals surface area contributed by atoms with E-state index >= 15 is 0 Å². The lowest BCUT2D eigenvalue weighted by Gasteiger charge is -2.38. The number of benzene rings is 3. The number of rotatable bonds is 9. The van der Waals surface area contributed by atoms with Crippen LogP contribution in [0.15, 0.2) is 78.0 Å². The Morgan fingerprint density at radius 2 is 1.64 bits per heavy atom. The lowest BCUT2D eigenvalue weighted by Crippen LogP contribution is -2.42. The smallest absolute Gasteiger partial charge is 0.239 e. The monoisotopic (exact) mass is 569 g/mol. The van der Waals surface area contributed by atoms with E-state index in [4.69, 9.17) is 14.2 Å². The number of carbonyl (C=O) groups is 2. The fourth-order valence-electron chi connectivity index (χ4n) is 6.09. The first-order valence-corrected chi connectivity index (χ1v) is 14.2. The third-order valence-electron chi connectivity index (χ3n) is 7.93. The number of hydrogen-bond acceptors (Lipinski definition) is 7. The molecule has 0 radical (unpaired) electrons. The molecule has 0 saturated carbocycles. The van der Waals surface area contributed by atoms with Crippen LogP contribution in [-0.2, 0) is 16.0 Å². The van der Waals surface area contributed by atoms with Gasteiger partial charge in [-0.3, -0.25) is 9.59 Å². The maximum Gasteiger partial charge on any atom is 0.239 e. The minimum atomic E-state index is -0.616. The summed E-state index contributed by atoms with van der Waals surface area (Å²) in [6.07, 6.45) is 1.80. The Morgan fingerprint density at radius 1 is 0.929 bits per heavy atom. The molecular formula is C34H39N3O5. The molecule has 1 heterocycles. The minimum absolute atomic E-state index is 0.0309. The molecule has 8 nitrogen and oxygen atoms in total. The molecule has 8 heteroatoms. The second-order valence-corrected chi connectivity index (χ2v) is 11.5. The Bertz CT molecular complexity index is 1500. The fourth-order valence-corrected chi connectivity index (χ4v) is 6.09.